The van der Waals surface area contributed by atoms with Crippen LogP contribution in [0.4, 0.5) is 5.69 Å². The molecule has 2 saturated heterocycles. The van der Waals surface area contributed by atoms with Crippen LogP contribution in [0, 0.1) is 5.92 Å². The highest BCUT2D eigenvalue weighted by Gasteiger charge is 2.45. The quantitative estimate of drug-likeness (QED) is 0.822. The highest BCUT2D eigenvalue weighted by atomic mass is 16.5. The minimum Gasteiger partial charge on any atom is -0.373 e. The number of carbonyl (C=O) groups is 1. The summed E-state index contributed by atoms with van der Waals surface area (Å²) in [6.45, 7) is 5.48. The van der Waals surface area contributed by atoms with Crippen molar-refractivity contribution >= 4 is 11.6 Å². The monoisotopic (exact) mass is 357 g/mol. The van der Waals surface area contributed by atoms with E-state index in [9.17, 15) is 4.79 Å². The highest BCUT2D eigenvalue weighted by molar-refractivity contribution is 5.92. The van der Waals surface area contributed by atoms with Gasteiger partial charge < -0.3 is 15.4 Å². The molecule has 1 aromatic rings. The molecule has 26 heavy (non-hydrogen) atoms. The maximum atomic E-state index is 12.2. The van der Waals surface area contributed by atoms with Crippen LogP contribution in [-0.2, 0) is 9.53 Å². The van der Waals surface area contributed by atoms with Crippen LogP contribution < -0.4 is 10.6 Å². The van der Waals surface area contributed by atoms with Crippen molar-refractivity contribution in [2.45, 2.75) is 56.7 Å². The molecule has 2 N–H and O–H groups in total. The lowest BCUT2D eigenvalue weighted by Gasteiger charge is -2.38. The number of benzene rings is 1. The first-order chi connectivity index (χ1) is 12.7. The van der Waals surface area contributed by atoms with Gasteiger partial charge in [-0.15, -0.1) is 0 Å². The third kappa shape index (κ3) is 4.27. The number of piperidine rings is 1. The second-order valence-corrected chi connectivity index (χ2v) is 8.26. The molecule has 2 aliphatic heterocycles. The number of para-hydroxylation sites is 1. The second-order valence-electron chi connectivity index (χ2n) is 8.26. The van der Waals surface area contributed by atoms with Gasteiger partial charge in [0.2, 0.25) is 5.91 Å². The number of hydrogen-bond donors (Lipinski definition) is 2. The molecule has 5 nitrogen and oxygen atoms in total. The zero-order valence-corrected chi connectivity index (χ0v) is 15.7. The van der Waals surface area contributed by atoms with Gasteiger partial charge >= 0.3 is 0 Å². The SMILES string of the molecule is CC[C@@H]1C[C@H]1NC1COC2(CCN(CC(=O)Nc3ccccc3)CC2)C1. The largest absolute Gasteiger partial charge is 0.373 e. The van der Waals surface area contributed by atoms with E-state index < -0.39 is 0 Å². The molecule has 1 aliphatic carbocycles. The van der Waals surface area contributed by atoms with Crippen molar-refractivity contribution in [1.82, 2.24) is 10.2 Å². The van der Waals surface area contributed by atoms with E-state index in [4.69, 9.17) is 4.74 Å². The number of nitrogens with one attached hydrogen (secondary N) is 2. The molecule has 1 amide bonds. The molecule has 1 aromatic carbocycles. The van der Waals surface area contributed by atoms with E-state index in [0.29, 0.717) is 12.6 Å². The Bertz CT molecular complexity index is 613. The minimum atomic E-state index is 0.0423. The fourth-order valence-electron chi connectivity index (χ4n) is 4.55. The molecule has 1 unspecified atom stereocenters. The van der Waals surface area contributed by atoms with Crippen LogP contribution in [0.15, 0.2) is 30.3 Å². The van der Waals surface area contributed by atoms with Crippen LogP contribution in [0.5, 0.6) is 0 Å². The summed E-state index contributed by atoms with van der Waals surface area (Å²) < 4.78 is 6.25. The van der Waals surface area contributed by atoms with E-state index >= 15 is 0 Å². The third-order valence-corrected chi connectivity index (χ3v) is 6.30. The lowest BCUT2D eigenvalue weighted by atomic mass is 9.87. The summed E-state index contributed by atoms with van der Waals surface area (Å²) in [5, 5.41) is 6.77. The maximum Gasteiger partial charge on any atom is 0.238 e. The topological polar surface area (TPSA) is 53.6 Å². The first-order valence-corrected chi connectivity index (χ1v) is 10.1. The molecule has 0 bridgehead atoms. The third-order valence-electron chi connectivity index (χ3n) is 6.30. The number of carbonyl (C=O) groups excluding carboxylic acids is 1. The van der Waals surface area contributed by atoms with Gasteiger partial charge in [-0.2, -0.15) is 0 Å². The summed E-state index contributed by atoms with van der Waals surface area (Å²) in [5.74, 6) is 0.954. The van der Waals surface area contributed by atoms with Gasteiger partial charge in [-0.3, -0.25) is 9.69 Å². The molecule has 142 valence electrons. The zero-order valence-electron chi connectivity index (χ0n) is 15.7. The Labute approximate surface area is 156 Å². The minimum absolute atomic E-state index is 0.0423. The summed E-state index contributed by atoms with van der Waals surface area (Å²) in [7, 11) is 0. The average molecular weight is 357 g/mol. The number of amides is 1. The average Bonchev–Trinajstić information content (AvgIpc) is 3.29. The molecule has 3 atom stereocenters. The van der Waals surface area contributed by atoms with E-state index in [1.165, 1.54) is 12.8 Å². The van der Waals surface area contributed by atoms with Crippen LogP contribution in [0.2, 0.25) is 0 Å². The number of likely N-dealkylation sites (tertiary alicyclic amines) is 1. The lowest BCUT2D eigenvalue weighted by molar-refractivity contribution is -0.118. The first kappa shape index (κ1) is 18.0. The Balaban J connectivity index is 1.20. The smallest absolute Gasteiger partial charge is 0.238 e. The zero-order chi connectivity index (χ0) is 18.0. The molecule has 1 spiro atoms. The molecule has 3 aliphatic rings. The standard InChI is InChI=1S/C21H31N3O2/c1-2-16-12-19(16)22-18-13-21(26-15-18)8-10-24(11-9-21)14-20(25)23-17-6-4-3-5-7-17/h3-7,16,18-19,22H,2,8-15H2,1H3,(H,23,25)/t16-,18?,19-/m1/s1. The molecule has 4 rings (SSSR count). The second kappa shape index (κ2) is 7.67. The number of anilines is 1. The highest BCUT2D eigenvalue weighted by Crippen LogP contribution is 2.39. The van der Waals surface area contributed by atoms with E-state index in [1.54, 1.807) is 0 Å². The normalized spacial score (nSPS) is 30.4. The van der Waals surface area contributed by atoms with E-state index in [2.05, 4.69) is 22.5 Å². The van der Waals surface area contributed by atoms with Crippen LogP contribution in [0.1, 0.15) is 39.0 Å². The van der Waals surface area contributed by atoms with Crippen LogP contribution in [-0.4, -0.2) is 54.7 Å². The number of hydrogen-bond acceptors (Lipinski definition) is 4. The van der Waals surface area contributed by atoms with Crippen molar-refractivity contribution in [2.24, 2.45) is 5.92 Å². The van der Waals surface area contributed by atoms with E-state index in [1.807, 2.05) is 30.3 Å². The van der Waals surface area contributed by atoms with Gasteiger partial charge in [0.1, 0.15) is 0 Å². The first-order valence-electron chi connectivity index (χ1n) is 10.1. The summed E-state index contributed by atoms with van der Waals surface area (Å²) in [6.07, 6.45) is 5.82. The fraction of sp³-hybridized carbons (Fsp3) is 0.667. The van der Waals surface area contributed by atoms with Gasteiger partial charge in [-0.25, -0.2) is 0 Å². The Morgan fingerprint density at radius 2 is 2.04 bits per heavy atom. The maximum absolute atomic E-state index is 12.2. The van der Waals surface area contributed by atoms with Gasteiger partial charge in [-0.1, -0.05) is 31.5 Å². The van der Waals surface area contributed by atoms with Crippen molar-refractivity contribution in [3.8, 4) is 0 Å². The molecular formula is C21H31N3O2. The van der Waals surface area contributed by atoms with E-state index in [-0.39, 0.29) is 11.5 Å². The predicted octanol–water partition coefficient (Wildman–Crippen LogP) is 2.64. The Morgan fingerprint density at radius 1 is 1.27 bits per heavy atom. The van der Waals surface area contributed by atoms with Crippen LogP contribution >= 0.6 is 0 Å². The van der Waals surface area contributed by atoms with Crippen LogP contribution in [0.3, 0.4) is 0 Å². The number of nitrogens with zero attached hydrogens (tertiary/aromatic N) is 1. The summed E-state index contributed by atoms with van der Waals surface area (Å²) in [5.41, 5.74) is 0.908. The van der Waals surface area contributed by atoms with Gasteiger partial charge in [-0.05, 0) is 43.7 Å². The summed E-state index contributed by atoms with van der Waals surface area (Å²) in [4.78, 5) is 14.5. The molecule has 1 saturated carbocycles. The molecule has 3 fully saturated rings. The summed E-state index contributed by atoms with van der Waals surface area (Å²) >= 11 is 0. The van der Waals surface area contributed by atoms with Crippen molar-refractivity contribution in [3.05, 3.63) is 30.3 Å². The summed E-state index contributed by atoms with van der Waals surface area (Å²) in [6, 6.07) is 10.9. The van der Waals surface area contributed by atoms with Crippen LogP contribution in [0.25, 0.3) is 0 Å². The molecule has 5 heteroatoms. The Morgan fingerprint density at radius 3 is 2.73 bits per heavy atom. The Kier molecular flexibility index (Phi) is 5.30. The van der Waals surface area contributed by atoms with Gasteiger partial charge in [0.05, 0.1) is 18.8 Å². The fourth-order valence-corrected chi connectivity index (χ4v) is 4.55. The van der Waals surface area contributed by atoms with Crippen molar-refractivity contribution in [3.63, 3.8) is 0 Å². The molecule has 0 aromatic heterocycles. The predicted molar refractivity (Wildman–Crippen MR) is 103 cm³/mol. The molecule has 0 radical (unpaired) electrons. The number of rotatable bonds is 6. The molecular weight excluding hydrogens is 326 g/mol. The number of ether oxygens (including phenoxy) is 1. The van der Waals surface area contributed by atoms with Gasteiger partial charge in [0.15, 0.2) is 0 Å². The van der Waals surface area contributed by atoms with Crippen molar-refractivity contribution in [1.29, 1.82) is 0 Å². The van der Waals surface area contributed by atoms with Gasteiger partial charge in [0.25, 0.3) is 0 Å². The van der Waals surface area contributed by atoms with E-state index in [0.717, 1.165) is 56.6 Å². The van der Waals surface area contributed by atoms with Gasteiger partial charge in [0, 0.05) is 30.9 Å². The van der Waals surface area contributed by atoms with Crippen molar-refractivity contribution in [2.75, 3.05) is 31.6 Å². The Hall–Kier alpha value is -1.43. The molecule has 2 heterocycles. The van der Waals surface area contributed by atoms with Crippen molar-refractivity contribution < 1.29 is 9.53 Å². The lowest BCUT2D eigenvalue weighted by Crippen LogP contribution is -2.47.